The summed E-state index contributed by atoms with van der Waals surface area (Å²) in [6, 6.07) is 5.24. The van der Waals surface area contributed by atoms with Crippen molar-refractivity contribution in [2.75, 3.05) is 5.32 Å². The average Bonchev–Trinajstić information content (AvgIpc) is 2.43. The van der Waals surface area contributed by atoms with E-state index in [1.165, 1.54) is 6.33 Å². The zero-order chi connectivity index (χ0) is 14.5. The number of aliphatic carboxylic acids is 1. The lowest BCUT2D eigenvalue weighted by Crippen LogP contribution is -2.29. The molecule has 5 nitrogen and oxygen atoms in total. The standard InChI is InChI=1S/C15H19N3O2/c1-3-4-5-13(15(19)20)18-14-11-8-10(2)6-7-12(11)16-9-17-14/h6-9,13H,3-5H2,1-2H3,(H,19,20)(H,16,17,18)/t13-/m0/s1. The van der Waals surface area contributed by atoms with Gasteiger partial charge in [0.2, 0.25) is 0 Å². The van der Waals surface area contributed by atoms with Crippen LogP contribution in [-0.2, 0) is 4.79 Å². The highest BCUT2D eigenvalue weighted by Gasteiger charge is 2.18. The fourth-order valence-electron chi connectivity index (χ4n) is 2.12. The van der Waals surface area contributed by atoms with Gasteiger partial charge in [0.05, 0.1) is 5.52 Å². The largest absolute Gasteiger partial charge is 0.480 e. The van der Waals surface area contributed by atoms with Gasteiger partial charge in [-0.05, 0) is 25.5 Å². The quantitative estimate of drug-likeness (QED) is 0.846. The summed E-state index contributed by atoms with van der Waals surface area (Å²) in [5.74, 6) is -0.264. The van der Waals surface area contributed by atoms with Gasteiger partial charge in [-0.3, -0.25) is 0 Å². The van der Waals surface area contributed by atoms with Crippen molar-refractivity contribution >= 4 is 22.7 Å². The number of anilines is 1. The lowest BCUT2D eigenvalue weighted by atomic mass is 10.1. The molecule has 2 rings (SSSR count). The van der Waals surface area contributed by atoms with E-state index in [2.05, 4.69) is 15.3 Å². The molecule has 2 aromatic rings. The molecule has 0 aliphatic rings. The first-order chi connectivity index (χ1) is 9.61. The maximum Gasteiger partial charge on any atom is 0.326 e. The van der Waals surface area contributed by atoms with Gasteiger partial charge in [-0.25, -0.2) is 14.8 Å². The van der Waals surface area contributed by atoms with E-state index in [4.69, 9.17) is 0 Å². The van der Waals surface area contributed by atoms with Crippen molar-refractivity contribution in [2.45, 2.75) is 39.2 Å². The average molecular weight is 273 g/mol. The van der Waals surface area contributed by atoms with Crippen LogP contribution in [-0.4, -0.2) is 27.1 Å². The summed E-state index contributed by atoms with van der Waals surface area (Å²) >= 11 is 0. The van der Waals surface area contributed by atoms with E-state index in [0.29, 0.717) is 12.2 Å². The van der Waals surface area contributed by atoms with Crippen LogP contribution in [0.5, 0.6) is 0 Å². The predicted molar refractivity (Wildman–Crippen MR) is 78.8 cm³/mol. The third-order valence-corrected chi connectivity index (χ3v) is 3.25. The Labute approximate surface area is 118 Å². The van der Waals surface area contributed by atoms with Gasteiger partial charge in [0.15, 0.2) is 0 Å². The molecule has 0 saturated carbocycles. The molecule has 0 bridgehead atoms. The molecule has 0 fully saturated rings. The fraction of sp³-hybridized carbons (Fsp3) is 0.400. The van der Waals surface area contributed by atoms with Crippen molar-refractivity contribution in [2.24, 2.45) is 0 Å². The number of nitrogens with zero attached hydrogens (tertiary/aromatic N) is 2. The van der Waals surface area contributed by atoms with E-state index in [0.717, 1.165) is 29.3 Å². The maximum absolute atomic E-state index is 11.3. The van der Waals surface area contributed by atoms with Crippen LogP contribution in [0.4, 0.5) is 5.82 Å². The zero-order valence-corrected chi connectivity index (χ0v) is 11.8. The number of unbranched alkanes of at least 4 members (excludes halogenated alkanes) is 1. The van der Waals surface area contributed by atoms with Crippen LogP contribution in [0.1, 0.15) is 31.7 Å². The number of aryl methyl sites for hydroxylation is 1. The molecule has 0 radical (unpaired) electrons. The molecule has 0 amide bonds. The smallest absolute Gasteiger partial charge is 0.326 e. The van der Waals surface area contributed by atoms with Crippen LogP contribution >= 0.6 is 0 Å². The van der Waals surface area contributed by atoms with Gasteiger partial charge in [0, 0.05) is 5.39 Å². The van der Waals surface area contributed by atoms with Crippen molar-refractivity contribution in [1.29, 1.82) is 0 Å². The van der Waals surface area contributed by atoms with Gasteiger partial charge in [-0.2, -0.15) is 0 Å². The Balaban J connectivity index is 2.31. The Morgan fingerprint density at radius 3 is 2.90 bits per heavy atom. The van der Waals surface area contributed by atoms with E-state index >= 15 is 0 Å². The molecule has 0 unspecified atom stereocenters. The molecular formula is C15H19N3O2. The molecule has 0 saturated heterocycles. The highest BCUT2D eigenvalue weighted by molar-refractivity contribution is 5.91. The molecule has 0 aliphatic carbocycles. The van der Waals surface area contributed by atoms with Crippen molar-refractivity contribution in [3.05, 3.63) is 30.1 Å². The minimum absolute atomic E-state index is 0.585. The number of benzene rings is 1. The van der Waals surface area contributed by atoms with Crippen LogP contribution < -0.4 is 5.32 Å². The summed E-state index contributed by atoms with van der Waals surface area (Å²) < 4.78 is 0. The number of aromatic nitrogens is 2. The van der Waals surface area contributed by atoms with E-state index in [-0.39, 0.29) is 0 Å². The minimum Gasteiger partial charge on any atom is -0.480 e. The predicted octanol–water partition coefficient (Wildman–Crippen LogP) is 2.99. The molecule has 20 heavy (non-hydrogen) atoms. The van der Waals surface area contributed by atoms with Gasteiger partial charge >= 0.3 is 5.97 Å². The lowest BCUT2D eigenvalue weighted by Gasteiger charge is -2.16. The number of carboxylic acid groups (broad SMARTS) is 1. The van der Waals surface area contributed by atoms with Crippen LogP contribution in [0.25, 0.3) is 10.9 Å². The van der Waals surface area contributed by atoms with E-state index in [9.17, 15) is 9.90 Å². The Kier molecular flexibility index (Phi) is 4.50. The monoisotopic (exact) mass is 273 g/mol. The lowest BCUT2D eigenvalue weighted by molar-refractivity contribution is -0.138. The number of fused-ring (bicyclic) bond motifs is 1. The maximum atomic E-state index is 11.3. The number of hydrogen-bond acceptors (Lipinski definition) is 4. The Hall–Kier alpha value is -2.17. The molecule has 1 atom stereocenters. The Morgan fingerprint density at radius 2 is 2.20 bits per heavy atom. The highest BCUT2D eigenvalue weighted by atomic mass is 16.4. The third kappa shape index (κ3) is 3.23. The van der Waals surface area contributed by atoms with E-state index in [1.54, 1.807) is 0 Å². The SMILES string of the molecule is CCCC[C@H](Nc1ncnc2ccc(C)cc12)C(=O)O. The van der Waals surface area contributed by atoms with Crippen molar-refractivity contribution in [1.82, 2.24) is 9.97 Å². The molecule has 5 heteroatoms. The fourth-order valence-corrected chi connectivity index (χ4v) is 2.12. The first kappa shape index (κ1) is 14.2. The summed E-state index contributed by atoms with van der Waals surface area (Å²) in [6.07, 6.45) is 3.88. The van der Waals surface area contributed by atoms with Crippen LogP contribution in [0.3, 0.4) is 0 Å². The molecule has 1 heterocycles. The molecule has 2 N–H and O–H groups in total. The van der Waals surface area contributed by atoms with Crippen molar-refractivity contribution < 1.29 is 9.90 Å². The minimum atomic E-state index is -0.849. The second-order valence-corrected chi connectivity index (χ2v) is 4.92. The second kappa shape index (κ2) is 6.32. The first-order valence-electron chi connectivity index (χ1n) is 6.82. The number of nitrogens with one attached hydrogen (secondary N) is 1. The number of carbonyl (C=O) groups is 1. The number of carboxylic acids is 1. The molecule has 0 aliphatic heterocycles. The van der Waals surface area contributed by atoms with Gasteiger partial charge in [0.25, 0.3) is 0 Å². The van der Waals surface area contributed by atoms with Crippen LogP contribution in [0.2, 0.25) is 0 Å². The third-order valence-electron chi connectivity index (χ3n) is 3.25. The summed E-state index contributed by atoms with van der Waals surface area (Å²) in [6.45, 7) is 4.03. The Bertz CT molecular complexity index is 613. The van der Waals surface area contributed by atoms with Gasteiger partial charge in [-0.1, -0.05) is 31.4 Å². The van der Waals surface area contributed by atoms with E-state index in [1.807, 2.05) is 32.0 Å². The Morgan fingerprint density at radius 1 is 1.40 bits per heavy atom. The molecule has 0 spiro atoms. The van der Waals surface area contributed by atoms with Crippen LogP contribution in [0.15, 0.2) is 24.5 Å². The molecule has 1 aromatic heterocycles. The summed E-state index contributed by atoms with van der Waals surface area (Å²) in [7, 11) is 0. The summed E-state index contributed by atoms with van der Waals surface area (Å²) in [4.78, 5) is 19.7. The summed E-state index contributed by atoms with van der Waals surface area (Å²) in [5.41, 5.74) is 1.91. The summed E-state index contributed by atoms with van der Waals surface area (Å²) in [5, 5.41) is 13.2. The van der Waals surface area contributed by atoms with Gasteiger partial charge in [0.1, 0.15) is 18.2 Å². The molecule has 1 aromatic carbocycles. The highest BCUT2D eigenvalue weighted by Crippen LogP contribution is 2.21. The van der Waals surface area contributed by atoms with Gasteiger partial charge < -0.3 is 10.4 Å². The van der Waals surface area contributed by atoms with E-state index < -0.39 is 12.0 Å². The topological polar surface area (TPSA) is 75.1 Å². The second-order valence-electron chi connectivity index (χ2n) is 4.92. The number of hydrogen-bond donors (Lipinski definition) is 2. The molecular weight excluding hydrogens is 254 g/mol. The first-order valence-corrected chi connectivity index (χ1v) is 6.82. The molecule has 106 valence electrons. The van der Waals surface area contributed by atoms with Gasteiger partial charge in [-0.15, -0.1) is 0 Å². The number of rotatable bonds is 6. The van der Waals surface area contributed by atoms with Crippen molar-refractivity contribution in [3.8, 4) is 0 Å². The van der Waals surface area contributed by atoms with Crippen molar-refractivity contribution in [3.63, 3.8) is 0 Å². The van der Waals surface area contributed by atoms with Crippen LogP contribution in [0, 0.1) is 6.92 Å². The normalized spacial score (nSPS) is 12.3. The zero-order valence-electron chi connectivity index (χ0n) is 11.8.